The summed E-state index contributed by atoms with van der Waals surface area (Å²) in [6.07, 6.45) is 8.33. The fraction of sp³-hybridized carbons (Fsp3) is 0.656. The zero-order valence-electron chi connectivity index (χ0n) is 24.6. The zero-order chi connectivity index (χ0) is 29.7. The van der Waals surface area contributed by atoms with E-state index in [1.54, 1.807) is 6.20 Å². The van der Waals surface area contributed by atoms with E-state index in [4.69, 9.17) is 11.6 Å². The maximum absolute atomic E-state index is 10.1. The third-order valence-corrected chi connectivity index (χ3v) is 10.3. The van der Waals surface area contributed by atoms with Crippen molar-refractivity contribution >= 4 is 23.4 Å². The Hall–Kier alpha value is -2.48. The molecule has 0 saturated heterocycles. The van der Waals surface area contributed by atoms with Crippen molar-refractivity contribution < 1.29 is 15.3 Å². The number of hydrogen-bond acceptors (Lipinski definition) is 9. The number of anilines is 2. The van der Waals surface area contributed by atoms with E-state index < -0.39 is 6.10 Å². The van der Waals surface area contributed by atoms with E-state index in [2.05, 4.69) is 38.5 Å². The Morgan fingerprint density at radius 3 is 2.52 bits per heavy atom. The van der Waals surface area contributed by atoms with Crippen molar-refractivity contribution in [1.29, 1.82) is 5.26 Å². The maximum Gasteiger partial charge on any atom is 0.224 e. The van der Waals surface area contributed by atoms with Crippen LogP contribution in [0.25, 0.3) is 0 Å². The molecular weight excluding hydrogens is 552 g/mol. The number of benzene rings is 1. The van der Waals surface area contributed by atoms with Gasteiger partial charge in [0.1, 0.15) is 17.5 Å². The van der Waals surface area contributed by atoms with Gasteiger partial charge < -0.3 is 26.0 Å². The summed E-state index contributed by atoms with van der Waals surface area (Å²) in [5.41, 5.74) is 1.56. The molecule has 2 aromatic rings. The average Bonchev–Trinajstić information content (AvgIpc) is 2.99. The summed E-state index contributed by atoms with van der Waals surface area (Å²) in [4.78, 5) is 11.6. The molecule has 10 heteroatoms. The lowest BCUT2D eigenvalue weighted by Crippen LogP contribution is -2.61. The summed E-state index contributed by atoms with van der Waals surface area (Å²) in [5, 5.41) is 46.4. The van der Waals surface area contributed by atoms with E-state index in [1.165, 1.54) is 19.3 Å². The molecule has 4 fully saturated rings. The fourth-order valence-corrected chi connectivity index (χ4v) is 8.25. The molecule has 1 aromatic carbocycles. The van der Waals surface area contributed by atoms with Gasteiger partial charge in [-0.3, -0.25) is 4.90 Å². The average molecular weight is 597 g/mol. The van der Waals surface area contributed by atoms with Crippen LogP contribution in [0.5, 0.6) is 0 Å². The van der Waals surface area contributed by atoms with Gasteiger partial charge in [-0.25, -0.2) is 4.98 Å². The molecule has 0 radical (unpaired) electrons. The summed E-state index contributed by atoms with van der Waals surface area (Å²) in [5.74, 6) is 3.16. The molecule has 5 N–H and O–H groups in total. The van der Waals surface area contributed by atoms with Crippen LogP contribution in [0, 0.1) is 40.4 Å². The van der Waals surface area contributed by atoms with Crippen molar-refractivity contribution in [2.24, 2.45) is 29.1 Å². The Morgan fingerprint density at radius 1 is 1.10 bits per heavy atom. The lowest BCUT2D eigenvalue weighted by molar-refractivity contribution is -0.109. The van der Waals surface area contributed by atoms with Crippen LogP contribution in [0.4, 0.5) is 11.8 Å². The van der Waals surface area contributed by atoms with Crippen LogP contribution in [0.15, 0.2) is 30.5 Å². The Bertz CT molecular complexity index is 1210. The molecular formula is C32H45ClN6O3. The Kier molecular flexibility index (Phi) is 10.2. The minimum Gasteiger partial charge on any atom is -0.396 e. The summed E-state index contributed by atoms with van der Waals surface area (Å²) in [7, 11) is 0. The number of aliphatic hydroxyl groups is 3. The second kappa shape index (κ2) is 13.9. The maximum atomic E-state index is 10.1. The van der Waals surface area contributed by atoms with Gasteiger partial charge >= 0.3 is 0 Å². The van der Waals surface area contributed by atoms with Crippen LogP contribution in [0.3, 0.4) is 0 Å². The summed E-state index contributed by atoms with van der Waals surface area (Å²) in [6, 6.07) is 10.4. The van der Waals surface area contributed by atoms with Gasteiger partial charge in [0.05, 0.1) is 18.9 Å². The van der Waals surface area contributed by atoms with Crippen molar-refractivity contribution in [2.45, 2.75) is 70.6 Å². The first-order valence-electron chi connectivity index (χ1n) is 15.4. The highest BCUT2D eigenvalue weighted by Gasteiger charge is 2.56. The van der Waals surface area contributed by atoms with Crippen LogP contribution in [-0.2, 0) is 6.54 Å². The molecule has 1 aromatic heterocycles. The number of rotatable bonds is 15. The molecule has 6 rings (SSSR count). The van der Waals surface area contributed by atoms with E-state index >= 15 is 0 Å². The van der Waals surface area contributed by atoms with Crippen LogP contribution in [-0.4, -0.2) is 75.2 Å². The Morgan fingerprint density at radius 2 is 1.83 bits per heavy atom. The second-order valence-electron chi connectivity index (χ2n) is 13.1. The van der Waals surface area contributed by atoms with Crippen molar-refractivity contribution in [3.8, 4) is 6.07 Å². The normalized spacial score (nSPS) is 27.5. The number of nitriles is 1. The third kappa shape index (κ3) is 7.17. The molecule has 3 unspecified atom stereocenters. The quantitative estimate of drug-likeness (QED) is 0.204. The van der Waals surface area contributed by atoms with E-state index in [0.717, 1.165) is 50.4 Å². The van der Waals surface area contributed by atoms with Crippen molar-refractivity contribution in [3.05, 3.63) is 46.6 Å². The number of hydrogen-bond donors (Lipinski definition) is 5. The van der Waals surface area contributed by atoms with Crippen molar-refractivity contribution in [2.75, 3.05) is 43.5 Å². The van der Waals surface area contributed by atoms with E-state index in [9.17, 15) is 20.6 Å². The Labute approximate surface area is 254 Å². The van der Waals surface area contributed by atoms with Gasteiger partial charge in [-0.2, -0.15) is 10.2 Å². The predicted octanol–water partition coefficient (Wildman–Crippen LogP) is 4.28. The van der Waals surface area contributed by atoms with Gasteiger partial charge in [0.25, 0.3) is 0 Å². The third-order valence-electron chi connectivity index (χ3n) is 9.89. The van der Waals surface area contributed by atoms with Crippen LogP contribution >= 0.6 is 11.6 Å². The predicted molar refractivity (Wildman–Crippen MR) is 164 cm³/mol. The minimum atomic E-state index is -0.693. The number of aliphatic hydroxyl groups excluding tert-OH is 3. The first-order chi connectivity index (χ1) is 20.3. The topological polar surface area (TPSA) is 138 Å². The monoisotopic (exact) mass is 596 g/mol. The first kappa shape index (κ1) is 31.0. The molecule has 228 valence electrons. The smallest absolute Gasteiger partial charge is 0.224 e. The van der Waals surface area contributed by atoms with E-state index in [0.29, 0.717) is 53.2 Å². The van der Waals surface area contributed by atoms with E-state index in [1.807, 2.05) is 24.3 Å². The fourth-order valence-electron chi connectivity index (χ4n) is 8.04. The van der Waals surface area contributed by atoms with Gasteiger partial charge in [-0.1, -0.05) is 36.7 Å². The highest BCUT2D eigenvalue weighted by Crippen LogP contribution is 2.61. The SMILES string of the molecule is C[C@H](CO)CCN(CC[C@H](O)CO)C1[C@@H]2CC3C[C@H]1CC(CNc1nc(NCc4ccccc4Cl)ncc1C#N)(C3)C2. The van der Waals surface area contributed by atoms with Gasteiger partial charge in [0, 0.05) is 37.3 Å². The molecule has 0 spiro atoms. The molecule has 0 amide bonds. The number of aromatic nitrogens is 2. The highest BCUT2D eigenvalue weighted by atomic mass is 35.5. The highest BCUT2D eigenvalue weighted by molar-refractivity contribution is 6.31. The molecule has 7 atom stereocenters. The van der Waals surface area contributed by atoms with Crippen LogP contribution in [0.1, 0.15) is 63.0 Å². The zero-order valence-corrected chi connectivity index (χ0v) is 25.3. The molecule has 4 saturated carbocycles. The Balaban J connectivity index is 1.26. The number of nitrogens with one attached hydrogen (secondary N) is 2. The lowest BCUT2D eigenvalue weighted by atomic mass is 9.47. The first-order valence-corrected chi connectivity index (χ1v) is 15.8. The minimum absolute atomic E-state index is 0.171. The molecule has 4 aliphatic carbocycles. The second-order valence-corrected chi connectivity index (χ2v) is 13.5. The molecule has 4 aliphatic rings. The number of nitrogens with zero attached hydrogens (tertiary/aromatic N) is 4. The lowest BCUT2D eigenvalue weighted by Gasteiger charge is -2.62. The van der Waals surface area contributed by atoms with Gasteiger partial charge in [0.2, 0.25) is 5.95 Å². The van der Waals surface area contributed by atoms with E-state index in [-0.39, 0.29) is 24.5 Å². The summed E-state index contributed by atoms with van der Waals surface area (Å²) < 4.78 is 0. The standard InChI is InChI=1S/C32H45ClN6O3/c1-21(18-40)6-8-39(9-7-27(42)19-41)29-24-10-22-11-25(29)14-32(12-22,13-24)20-37-30-26(15-34)17-36-31(38-30)35-16-23-4-2-3-5-28(23)33/h2-5,17,21-22,24-25,27,29,40-42H,6-14,16,18-20H2,1H3,(H2,35,36,37,38)/t21-,22?,24-,25+,27-,29?,32?/m0/s1. The molecule has 9 nitrogen and oxygen atoms in total. The molecule has 0 aliphatic heterocycles. The van der Waals surface area contributed by atoms with Crippen molar-refractivity contribution in [1.82, 2.24) is 14.9 Å². The largest absolute Gasteiger partial charge is 0.396 e. The molecule has 42 heavy (non-hydrogen) atoms. The number of halogens is 1. The van der Waals surface area contributed by atoms with Crippen molar-refractivity contribution in [3.63, 3.8) is 0 Å². The molecule has 4 bridgehead atoms. The van der Waals surface area contributed by atoms with Gasteiger partial charge in [-0.05, 0) is 92.2 Å². The summed E-state index contributed by atoms with van der Waals surface area (Å²) in [6.45, 7) is 5.01. The van der Waals surface area contributed by atoms with Gasteiger partial charge in [0.15, 0.2) is 0 Å². The van der Waals surface area contributed by atoms with Crippen LogP contribution in [0.2, 0.25) is 5.02 Å². The van der Waals surface area contributed by atoms with Crippen LogP contribution < -0.4 is 10.6 Å². The molecule has 1 heterocycles. The summed E-state index contributed by atoms with van der Waals surface area (Å²) >= 11 is 6.30. The van der Waals surface area contributed by atoms with Gasteiger partial charge in [-0.15, -0.1) is 0 Å².